The first-order valence-electron chi connectivity index (χ1n) is 6.65. The number of hydrogen-bond donors (Lipinski definition) is 0. The third kappa shape index (κ3) is 1.98. The van der Waals surface area contributed by atoms with Crippen molar-refractivity contribution in [3.8, 4) is 0 Å². The topological polar surface area (TPSA) is 0 Å². The summed E-state index contributed by atoms with van der Waals surface area (Å²) < 4.78 is 0. The maximum absolute atomic E-state index is 2.50. The van der Waals surface area contributed by atoms with Crippen LogP contribution < -0.4 is 0 Å². The molecule has 2 aliphatic rings. The second-order valence-corrected chi connectivity index (χ2v) is 5.34. The summed E-state index contributed by atoms with van der Waals surface area (Å²) in [6.45, 7) is 0. The molecule has 0 heterocycles. The summed E-state index contributed by atoms with van der Waals surface area (Å²) in [7, 11) is 0. The predicted molar refractivity (Wildman–Crippen MR) is 67.8 cm³/mol. The Morgan fingerprint density at radius 2 is 1.56 bits per heavy atom. The Labute approximate surface area is 99.1 Å². The summed E-state index contributed by atoms with van der Waals surface area (Å²) in [5.41, 5.74) is 1.50. The normalized spacial score (nSPS) is 29.9. The Hall–Kier alpha value is -0.910. The molecule has 0 N–H and O–H groups in total. The van der Waals surface area contributed by atoms with E-state index in [1.165, 1.54) is 44.1 Å². The van der Waals surface area contributed by atoms with E-state index in [1.54, 1.807) is 5.92 Å². The Morgan fingerprint density at radius 3 is 2.19 bits per heavy atom. The number of hydrogen-bond acceptors (Lipinski definition) is 0. The van der Waals surface area contributed by atoms with Crippen molar-refractivity contribution in [2.75, 3.05) is 0 Å². The van der Waals surface area contributed by atoms with E-state index in [9.17, 15) is 0 Å². The van der Waals surface area contributed by atoms with Gasteiger partial charge >= 0.3 is 0 Å². The van der Waals surface area contributed by atoms with Crippen molar-refractivity contribution < 1.29 is 0 Å². The molecule has 0 aromatic heterocycles. The molecule has 0 saturated heterocycles. The zero-order chi connectivity index (χ0) is 10.8. The highest BCUT2D eigenvalue weighted by Gasteiger charge is 2.29. The summed E-state index contributed by atoms with van der Waals surface area (Å²) in [5.74, 6) is 3.68. The van der Waals surface area contributed by atoms with E-state index in [2.05, 4.69) is 36.8 Å². The molecule has 86 valence electrons. The Bertz CT molecular complexity index is 313. The van der Waals surface area contributed by atoms with Gasteiger partial charge in [-0.1, -0.05) is 31.7 Å². The van der Waals surface area contributed by atoms with E-state index in [1.807, 2.05) is 0 Å². The zero-order valence-corrected chi connectivity index (χ0v) is 9.86. The molecule has 2 atom stereocenters. The average molecular weight is 212 g/mol. The first kappa shape index (κ1) is 10.3. The van der Waals surface area contributed by atoms with Gasteiger partial charge in [0.05, 0.1) is 0 Å². The van der Waals surface area contributed by atoms with Crippen LogP contribution in [0.2, 0.25) is 0 Å². The number of rotatable bonds is 1. The lowest BCUT2D eigenvalue weighted by atomic mass is 9.92. The molecule has 0 radical (unpaired) electrons. The second kappa shape index (κ2) is 4.53. The number of benzene rings is 1. The molecule has 0 spiro atoms. The molecule has 1 aromatic rings. The lowest BCUT2D eigenvalue weighted by Gasteiger charge is -2.20. The van der Waals surface area contributed by atoms with E-state index < -0.39 is 0 Å². The van der Waals surface area contributed by atoms with E-state index in [0.29, 0.717) is 0 Å². The molecule has 3 rings (SSSR count). The molecule has 0 bridgehead atoms. The summed E-state index contributed by atoms with van der Waals surface area (Å²) in [6, 6.07) is 11.0. The minimum absolute atomic E-state index is 0.981. The summed E-state index contributed by atoms with van der Waals surface area (Å²) in [4.78, 5) is 0. The van der Waals surface area contributed by atoms with Crippen LogP contribution in [0.1, 0.15) is 44.1 Å². The van der Waals surface area contributed by atoms with Crippen LogP contribution in [0.4, 0.5) is 0 Å². The lowest BCUT2D eigenvalue weighted by Crippen LogP contribution is -2.04. The molecule has 0 nitrogen and oxygen atoms in total. The van der Waals surface area contributed by atoms with Crippen LogP contribution >= 0.6 is 0 Å². The van der Waals surface area contributed by atoms with Crippen molar-refractivity contribution in [2.45, 2.75) is 38.5 Å². The van der Waals surface area contributed by atoms with E-state index in [4.69, 9.17) is 0 Å². The molecule has 0 amide bonds. The van der Waals surface area contributed by atoms with Crippen molar-refractivity contribution in [3.05, 3.63) is 48.2 Å². The highest BCUT2D eigenvalue weighted by Crippen LogP contribution is 2.47. The SMILES string of the molecule is c1ccc([C-]2CC3CC[CH-]CCC3C2)cc1. The Kier molecular flexibility index (Phi) is 2.90. The Balaban J connectivity index is 1.73. The van der Waals surface area contributed by atoms with E-state index >= 15 is 0 Å². The smallest absolute Gasteiger partial charge is 0.0485 e. The minimum atomic E-state index is 0.981. The van der Waals surface area contributed by atoms with Crippen molar-refractivity contribution in [1.29, 1.82) is 0 Å². The molecule has 2 aliphatic carbocycles. The summed E-state index contributed by atoms with van der Waals surface area (Å²) in [5, 5.41) is 0. The monoisotopic (exact) mass is 212 g/mol. The van der Waals surface area contributed by atoms with Crippen molar-refractivity contribution in [3.63, 3.8) is 0 Å². The molecule has 1 aromatic carbocycles. The third-order valence-corrected chi connectivity index (χ3v) is 4.35. The maximum Gasteiger partial charge on any atom is -0.0485 e. The van der Waals surface area contributed by atoms with Gasteiger partial charge in [-0.15, -0.1) is 12.1 Å². The summed E-state index contributed by atoms with van der Waals surface area (Å²) in [6.07, 6.45) is 10.8. The fourth-order valence-corrected chi connectivity index (χ4v) is 3.44. The average Bonchev–Trinajstić information content (AvgIpc) is 2.62. The third-order valence-electron chi connectivity index (χ3n) is 4.35. The molecule has 0 aliphatic heterocycles. The molecular weight excluding hydrogens is 192 g/mol. The van der Waals surface area contributed by atoms with Gasteiger partial charge in [0.15, 0.2) is 0 Å². The van der Waals surface area contributed by atoms with Crippen LogP contribution in [0.15, 0.2) is 30.3 Å². The fraction of sp³-hybridized carbons (Fsp3) is 0.500. The fourth-order valence-electron chi connectivity index (χ4n) is 3.44. The van der Waals surface area contributed by atoms with Crippen LogP contribution in [0.5, 0.6) is 0 Å². The van der Waals surface area contributed by atoms with Crippen LogP contribution in [-0.2, 0) is 0 Å². The molecule has 2 unspecified atom stereocenters. The number of fused-ring (bicyclic) bond motifs is 1. The summed E-state index contributed by atoms with van der Waals surface area (Å²) >= 11 is 0. The van der Waals surface area contributed by atoms with Crippen molar-refractivity contribution in [1.82, 2.24) is 0 Å². The van der Waals surface area contributed by atoms with E-state index in [0.717, 1.165) is 11.8 Å². The van der Waals surface area contributed by atoms with Crippen LogP contribution in [0.25, 0.3) is 0 Å². The van der Waals surface area contributed by atoms with Gasteiger partial charge in [-0.3, -0.25) is 0 Å². The highest BCUT2D eigenvalue weighted by molar-refractivity contribution is 5.32. The van der Waals surface area contributed by atoms with Gasteiger partial charge in [0.1, 0.15) is 0 Å². The second-order valence-electron chi connectivity index (χ2n) is 5.34. The first-order chi connectivity index (χ1) is 7.93. The Morgan fingerprint density at radius 1 is 0.938 bits per heavy atom. The van der Waals surface area contributed by atoms with Gasteiger partial charge in [-0.05, 0) is 11.8 Å². The van der Waals surface area contributed by atoms with Gasteiger partial charge in [-0.25, -0.2) is 0 Å². The molecular formula is C16H20-2. The largest absolute Gasteiger partial charge is 0.328 e. The quantitative estimate of drug-likeness (QED) is 0.605. The van der Waals surface area contributed by atoms with Gasteiger partial charge in [-0.2, -0.15) is 36.5 Å². The van der Waals surface area contributed by atoms with Crippen molar-refractivity contribution in [2.24, 2.45) is 11.8 Å². The molecule has 2 fully saturated rings. The van der Waals surface area contributed by atoms with Crippen LogP contribution in [0.3, 0.4) is 0 Å². The van der Waals surface area contributed by atoms with Gasteiger partial charge < -0.3 is 6.42 Å². The van der Waals surface area contributed by atoms with Gasteiger partial charge in [0.25, 0.3) is 0 Å². The highest BCUT2D eigenvalue weighted by atomic mass is 14.4. The molecule has 2 saturated carbocycles. The van der Waals surface area contributed by atoms with Crippen LogP contribution in [0, 0.1) is 24.2 Å². The van der Waals surface area contributed by atoms with Gasteiger partial charge in [0.2, 0.25) is 0 Å². The lowest BCUT2D eigenvalue weighted by molar-refractivity contribution is 0.367. The van der Waals surface area contributed by atoms with Crippen molar-refractivity contribution >= 4 is 0 Å². The standard InChI is InChI=1S/C16H20/c1-3-7-13(8-4-1)16-11-14-9-5-2-6-10-15(14)12-16/h1-4,7-8,14-15H,5-6,9-12H2/q-2. The van der Waals surface area contributed by atoms with E-state index in [-0.39, 0.29) is 0 Å². The predicted octanol–water partition coefficient (Wildman–Crippen LogP) is 4.41. The van der Waals surface area contributed by atoms with Gasteiger partial charge in [0, 0.05) is 0 Å². The zero-order valence-electron chi connectivity index (χ0n) is 9.86. The molecule has 0 heteroatoms. The minimum Gasteiger partial charge on any atom is -0.328 e. The van der Waals surface area contributed by atoms with Crippen LogP contribution in [-0.4, -0.2) is 0 Å². The first-order valence-corrected chi connectivity index (χ1v) is 6.65. The maximum atomic E-state index is 2.50. The molecule has 16 heavy (non-hydrogen) atoms.